The molecule has 0 bridgehead atoms. The van der Waals surface area contributed by atoms with Gasteiger partial charge in [-0.05, 0) is 41.8 Å². The van der Waals surface area contributed by atoms with Crippen molar-refractivity contribution >= 4 is 17.8 Å². The number of hydrogen-bond donors (Lipinski definition) is 1. The number of urea groups is 1. The lowest BCUT2D eigenvalue weighted by Crippen LogP contribution is -2.75. The molecule has 2 aliphatic heterocycles. The van der Waals surface area contributed by atoms with Crippen LogP contribution in [0.25, 0.3) is 0 Å². The Hall–Kier alpha value is -3.66. The number of nitrogens with one attached hydrogen (secondary N) is 1. The van der Waals surface area contributed by atoms with Gasteiger partial charge in [0.25, 0.3) is 0 Å². The average molecular weight is 512 g/mol. The van der Waals surface area contributed by atoms with Crippen molar-refractivity contribution in [1.29, 1.82) is 0 Å². The van der Waals surface area contributed by atoms with Crippen molar-refractivity contribution in [3.05, 3.63) is 65.5 Å². The Morgan fingerprint density at radius 2 is 1.76 bits per heavy atom. The molecule has 2 aromatic rings. The molecule has 2 aromatic carbocycles. The smallest absolute Gasteiger partial charge is 0.334 e. The van der Waals surface area contributed by atoms with Gasteiger partial charge in [0.05, 0.1) is 20.2 Å². The molecule has 9 nitrogen and oxygen atoms in total. The summed E-state index contributed by atoms with van der Waals surface area (Å²) in [5.74, 6) is 0.0549. The van der Waals surface area contributed by atoms with E-state index >= 15 is 0 Å². The summed E-state index contributed by atoms with van der Waals surface area (Å²) in [6.07, 6.45) is 1.52. The van der Waals surface area contributed by atoms with Crippen LogP contribution in [0.2, 0.25) is 0 Å². The number of hydrazine groups is 1. The first-order valence-corrected chi connectivity index (χ1v) is 12.6. The number of fused-ring (bicyclic) bond motifs is 1. The van der Waals surface area contributed by atoms with E-state index in [1.807, 2.05) is 31.2 Å². The van der Waals surface area contributed by atoms with E-state index in [0.717, 1.165) is 29.7 Å². The van der Waals surface area contributed by atoms with Gasteiger partial charge in [0.1, 0.15) is 23.8 Å². The predicted molar refractivity (Wildman–Crippen MR) is 135 cm³/mol. The van der Waals surface area contributed by atoms with E-state index < -0.39 is 12.2 Å². The van der Waals surface area contributed by atoms with Crippen molar-refractivity contribution in [2.24, 2.45) is 0 Å². The minimum atomic E-state index is -0.655. The lowest BCUT2D eigenvalue weighted by Gasteiger charge is -2.54. The SMILES string of the molecule is CCCC[C@H]1C(=O)N(Cc2ccc(F)cc2)C[C@H]2N1C(=O)CN(C)N2C(=O)NCc1ccc(OC)cc1. The molecule has 2 heterocycles. The lowest BCUT2D eigenvalue weighted by molar-refractivity contribution is -0.188. The van der Waals surface area contributed by atoms with Gasteiger partial charge in [0.2, 0.25) is 11.8 Å². The van der Waals surface area contributed by atoms with Crippen LogP contribution in [0.5, 0.6) is 5.75 Å². The zero-order valence-corrected chi connectivity index (χ0v) is 21.5. The fourth-order valence-electron chi connectivity index (χ4n) is 4.93. The van der Waals surface area contributed by atoms with Gasteiger partial charge in [0.15, 0.2) is 0 Å². The van der Waals surface area contributed by atoms with Crippen LogP contribution in [0.1, 0.15) is 37.3 Å². The van der Waals surface area contributed by atoms with Crippen LogP contribution >= 0.6 is 0 Å². The summed E-state index contributed by atoms with van der Waals surface area (Å²) in [5.41, 5.74) is 1.68. The minimum Gasteiger partial charge on any atom is -0.497 e. The number of halogens is 1. The molecule has 4 rings (SSSR count). The highest BCUT2D eigenvalue weighted by atomic mass is 19.1. The summed E-state index contributed by atoms with van der Waals surface area (Å²) in [4.78, 5) is 43.4. The van der Waals surface area contributed by atoms with Gasteiger partial charge in [-0.3, -0.25) is 9.59 Å². The standard InChI is InChI=1S/C27H34FN5O4/c1-4-5-6-23-26(35)31(16-20-7-11-21(28)12-8-20)17-24-32(23)25(34)18-30(2)33(24)27(36)29-15-19-9-13-22(37-3)14-10-19/h7-14,23-24H,4-6,15-18H2,1-3H3,(H,29,36)/t23-,24-/m0/s1. The maximum atomic E-state index is 13.5. The summed E-state index contributed by atoms with van der Waals surface area (Å²) in [7, 11) is 3.29. The largest absolute Gasteiger partial charge is 0.497 e. The van der Waals surface area contributed by atoms with Crippen LogP contribution in [-0.2, 0) is 22.7 Å². The molecule has 198 valence electrons. The summed E-state index contributed by atoms with van der Waals surface area (Å²) in [6.45, 7) is 2.76. The molecule has 0 aromatic heterocycles. The number of likely N-dealkylation sites (N-methyl/N-ethyl adjacent to an activating group) is 1. The molecular formula is C27H34FN5O4. The number of methoxy groups -OCH3 is 1. The van der Waals surface area contributed by atoms with Gasteiger partial charge >= 0.3 is 6.03 Å². The molecule has 2 fully saturated rings. The zero-order chi connectivity index (χ0) is 26.5. The number of nitrogens with zero attached hydrogens (tertiary/aromatic N) is 4. The molecule has 0 unspecified atom stereocenters. The summed E-state index contributed by atoms with van der Waals surface area (Å²) >= 11 is 0. The molecule has 4 amide bonds. The van der Waals surface area contributed by atoms with Crippen molar-refractivity contribution in [1.82, 2.24) is 25.1 Å². The Balaban J connectivity index is 1.57. The number of rotatable bonds is 8. The first kappa shape index (κ1) is 26.4. The van der Waals surface area contributed by atoms with Crippen molar-refractivity contribution in [3.63, 3.8) is 0 Å². The molecule has 2 saturated heterocycles. The molecule has 2 aliphatic rings. The summed E-state index contributed by atoms with van der Waals surface area (Å²) in [6, 6.07) is 12.4. The fraction of sp³-hybridized carbons (Fsp3) is 0.444. The molecule has 37 heavy (non-hydrogen) atoms. The van der Waals surface area contributed by atoms with Crippen LogP contribution in [-0.4, -0.2) is 77.1 Å². The van der Waals surface area contributed by atoms with Crippen molar-refractivity contribution in [3.8, 4) is 5.75 Å². The normalized spacial score (nSPS) is 20.2. The number of carbonyl (C=O) groups excluding carboxylic acids is 3. The van der Waals surface area contributed by atoms with Crippen LogP contribution in [0, 0.1) is 5.82 Å². The number of amides is 4. The second-order valence-electron chi connectivity index (χ2n) is 9.45. The number of ether oxygens (including phenoxy) is 1. The van der Waals surface area contributed by atoms with Gasteiger partial charge in [0, 0.05) is 20.1 Å². The van der Waals surface area contributed by atoms with Crippen molar-refractivity contribution in [2.45, 2.75) is 51.5 Å². The Bertz CT molecular complexity index is 1110. The molecule has 0 radical (unpaired) electrons. The highest BCUT2D eigenvalue weighted by Gasteiger charge is 2.50. The highest BCUT2D eigenvalue weighted by molar-refractivity contribution is 5.91. The molecule has 10 heteroatoms. The van der Waals surface area contributed by atoms with Crippen LogP contribution in [0.3, 0.4) is 0 Å². The number of unbranched alkanes of at least 4 members (excludes halogenated alkanes) is 1. The third-order valence-corrected chi connectivity index (χ3v) is 6.87. The van der Waals surface area contributed by atoms with E-state index in [0.29, 0.717) is 13.0 Å². The molecule has 1 N–H and O–H groups in total. The van der Waals surface area contributed by atoms with Gasteiger partial charge < -0.3 is 19.9 Å². The van der Waals surface area contributed by atoms with Crippen molar-refractivity contribution in [2.75, 3.05) is 27.2 Å². The highest BCUT2D eigenvalue weighted by Crippen LogP contribution is 2.29. The quantitative estimate of drug-likeness (QED) is 0.589. The Morgan fingerprint density at radius 1 is 1.08 bits per heavy atom. The van der Waals surface area contributed by atoms with Crippen molar-refractivity contribution < 1.29 is 23.5 Å². The number of piperazine rings is 1. The van der Waals surface area contributed by atoms with E-state index in [1.165, 1.54) is 17.1 Å². The molecule has 2 atom stereocenters. The van der Waals surface area contributed by atoms with E-state index in [-0.39, 0.29) is 43.3 Å². The number of benzene rings is 2. The van der Waals surface area contributed by atoms with E-state index in [9.17, 15) is 18.8 Å². The van der Waals surface area contributed by atoms with Crippen LogP contribution in [0.4, 0.5) is 9.18 Å². The Labute approximate surface area is 216 Å². The van der Waals surface area contributed by atoms with E-state index in [1.54, 1.807) is 41.1 Å². The van der Waals surface area contributed by atoms with Gasteiger partial charge in [-0.2, -0.15) is 0 Å². The average Bonchev–Trinajstić information content (AvgIpc) is 2.89. The number of hydrogen-bond acceptors (Lipinski definition) is 5. The number of carbonyl (C=O) groups is 3. The van der Waals surface area contributed by atoms with E-state index in [2.05, 4.69) is 5.32 Å². The monoisotopic (exact) mass is 511 g/mol. The molecule has 0 saturated carbocycles. The van der Waals surface area contributed by atoms with Crippen LogP contribution < -0.4 is 10.1 Å². The second kappa shape index (κ2) is 11.6. The minimum absolute atomic E-state index is 0.000320. The Morgan fingerprint density at radius 3 is 2.41 bits per heavy atom. The third kappa shape index (κ3) is 5.85. The van der Waals surface area contributed by atoms with Crippen LogP contribution in [0.15, 0.2) is 48.5 Å². The molecule has 0 spiro atoms. The zero-order valence-electron chi connectivity index (χ0n) is 21.5. The first-order chi connectivity index (χ1) is 17.8. The second-order valence-corrected chi connectivity index (χ2v) is 9.45. The summed E-state index contributed by atoms with van der Waals surface area (Å²) < 4.78 is 18.6. The summed E-state index contributed by atoms with van der Waals surface area (Å²) in [5, 5.41) is 6.09. The van der Waals surface area contributed by atoms with Gasteiger partial charge in [-0.15, -0.1) is 0 Å². The Kier molecular flexibility index (Phi) is 8.27. The van der Waals surface area contributed by atoms with E-state index in [4.69, 9.17) is 4.74 Å². The van der Waals surface area contributed by atoms with Gasteiger partial charge in [-0.25, -0.2) is 19.2 Å². The maximum Gasteiger partial charge on any atom is 0.334 e. The third-order valence-electron chi connectivity index (χ3n) is 6.87. The lowest BCUT2D eigenvalue weighted by atomic mass is 10.0. The molecule has 0 aliphatic carbocycles. The predicted octanol–water partition coefficient (Wildman–Crippen LogP) is 2.96. The molecular weight excluding hydrogens is 477 g/mol. The maximum absolute atomic E-state index is 13.5. The first-order valence-electron chi connectivity index (χ1n) is 12.6. The van der Waals surface area contributed by atoms with Gasteiger partial charge in [-0.1, -0.05) is 44.0 Å². The fourth-order valence-corrected chi connectivity index (χ4v) is 4.93. The topological polar surface area (TPSA) is 85.4 Å².